The minimum Gasteiger partial charge on any atom is -0.373 e. The highest BCUT2D eigenvalue weighted by atomic mass is 19.1. The van der Waals surface area contributed by atoms with E-state index in [2.05, 4.69) is 21.3 Å². The lowest BCUT2D eigenvalue weighted by atomic mass is 9.92. The highest BCUT2D eigenvalue weighted by molar-refractivity contribution is 5.87. The molecule has 1 aliphatic carbocycles. The maximum absolute atomic E-state index is 14.8. The number of rotatable bonds is 4. The summed E-state index contributed by atoms with van der Waals surface area (Å²) < 4.78 is 36.5. The van der Waals surface area contributed by atoms with Crippen LogP contribution in [0.1, 0.15) is 66.5 Å². The zero-order valence-electron chi connectivity index (χ0n) is 19.0. The number of fused-ring (bicyclic) bond motifs is 1. The average Bonchev–Trinajstić information content (AvgIpc) is 3.56. The summed E-state index contributed by atoms with van der Waals surface area (Å²) in [4.78, 5) is 18.7. The van der Waals surface area contributed by atoms with E-state index in [4.69, 9.17) is 14.7 Å². The van der Waals surface area contributed by atoms with Gasteiger partial charge in [0.25, 0.3) is 0 Å². The second-order valence-electron chi connectivity index (χ2n) is 9.19. The van der Waals surface area contributed by atoms with Gasteiger partial charge < -0.3 is 4.74 Å². The van der Waals surface area contributed by atoms with Gasteiger partial charge in [-0.2, -0.15) is 5.10 Å². The van der Waals surface area contributed by atoms with Gasteiger partial charge in [-0.05, 0) is 51.7 Å². The minimum atomic E-state index is -0.691. The van der Waals surface area contributed by atoms with Crippen LogP contribution < -0.4 is 0 Å². The molecule has 2 aliphatic rings. The monoisotopic (exact) mass is 462 g/mol. The molecule has 1 saturated carbocycles. The van der Waals surface area contributed by atoms with Gasteiger partial charge in [-0.1, -0.05) is 0 Å². The van der Waals surface area contributed by atoms with Crippen LogP contribution in [0.3, 0.4) is 0 Å². The van der Waals surface area contributed by atoms with Crippen molar-refractivity contribution in [2.24, 2.45) is 0 Å². The Balaban J connectivity index is 1.41. The van der Waals surface area contributed by atoms with Crippen LogP contribution in [0.15, 0.2) is 30.6 Å². The van der Waals surface area contributed by atoms with Crippen LogP contribution in [0.25, 0.3) is 22.4 Å². The lowest BCUT2D eigenvalue weighted by Crippen LogP contribution is -2.20. The van der Waals surface area contributed by atoms with Gasteiger partial charge in [0, 0.05) is 35.9 Å². The summed E-state index contributed by atoms with van der Waals surface area (Å²) in [6.45, 7) is 4.26. The maximum atomic E-state index is 14.8. The summed E-state index contributed by atoms with van der Waals surface area (Å²) in [5.74, 6) is -0.759. The molecule has 0 bridgehead atoms. The molecule has 3 aromatic heterocycles. The van der Waals surface area contributed by atoms with E-state index in [-0.39, 0.29) is 17.6 Å². The first-order valence-corrected chi connectivity index (χ1v) is 11.6. The SMILES string of the molecule is Cc1nc2nc([C@@H]3CCO[C@@H](c4cnn(C5CC5)c4)C3)nc(-c3ccc(F)cc3F)c2nc1C. The molecule has 0 unspecified atom stereocenters. The fraction of sp³-hybridized carbons (Fsp3) is 0.400. The molecular formula is C25H24F2N6O. The molecule has 0 N–H and O–H groups in total. The number of hydrogen-bond donors (Lipinski definition) is 0. The third kappa shape index (κ3) is 3.83. The number of ether oxygens (including phenoxy) is 1. The van der Waals surface area contributed by atoms with E-state index in [0.29, 0.717) is 47.4 Å². The summed E-state index contributed by atoms with van der Waals surface area (Å²) in [6.07, 6.45) is 7.61. The van der Waals surface area contributed by atoms with Crippen molar-refractivity contribution in [3.63, 3.8) is 0 Å². The van der Waals surface area contributed by atoms with Gasteiger partial charge in [0.05, 0.1) is 29.7 Å². The Hall–Kier alpha value is -3.33. The van der Waals surface area contributed by atoms with Crippen LogP contribution in [0.2, 0.25) is 0 Å². The Kier molecular flexibility index (Phi) is 5.09. The van der Waals surface area contributed by atoms with Gasteiger partial charge >= 0.3 is 0 Å². The smallest absolute Gasteiger partial charge is 0.182 e. The molecule has 2 fully saturated rings. The predicted octanol–water partition coefficient (Wildman–Crippen LogP) is 5.15. The van der Waals surface area contributed by atoms with Crippen molar-refractivity contribution in [2.45, 2.75) is 57.6 Å². The first-order chi connectivity index (χ1) is 16.5. The minimum absolute atomic E-state index is 0.00177. The number of benzene rings is 1. The molecule has 174 valence electrons. The molecule has 4 heterocycles. The maximum Gasteiger partial charge on any atom is 0.182 e. The van der Waals surface area contributed by atoms with Crippen molar-refractivity contribution < 1.29 is 13.5 Å². The van der Waals surface area contributed by atoms with E-state index in [0.717, 1.165) is 23.7 Å². The van der Waals surface area contributed by atoms with Gasteiger partial charge in [0.15, 0.2) is 5.65 Å². The molecule has 1 aromatic carbocycles. The third-order valence-corrected chi connectivity index (χ3v) is 6.71. The van der Waals surface area contributed by atoms with Crippen molar-refractivity contribution in [3.8, 4) is 11.3 Å². The fourth-order valence-corrected chi connectivity index (χ4v) is 4.50. The van der Waals surface area contributed by atoms with Gasteiger partial charge in [0.1, 0.15) is 28.7 Å². The van der Waals surface area contributed by atoms with Crippen LogP contribution in [-0.2, 0) is 4.74 Å². The average molecular weight is 463 g/mol. The molecule has 34 heavy (non-hydrogen) atoms. The van der Waals surface area contributed by atoms with E-state index in [1.807, 2.05) is 24.7 Å². The second-order valence-corrected chi connectivity index (χ2v) is 9.19. The molecule has 1 saturated heterocycles. The molecule has 4 aromatic rings. The van der Waals surface area contributed by atoms with Crippen molar-refractivity contribution in [1.82, 2.24) is 29.7 Å². The Bertz CT molecular complexity index is 1400. The molecule has 1 aliphatic heterocycles. The summed E-state index contributed by atoms with van der Waals surface area (Å²) in [5.41, 5.74) is 3.85. The quantitative estimate of drug-likeness (QED) is 0.417. The molecule has 0 amide bonds. The molecule has 0 radical (unpaired) electrons. The van der Waals surface area contributed by atoms with E-state index in [1.165, 1.54) is 25.0 Å². The standard InChI is InChI=1S/C25H24F2N6O/c1-13-14(2)30-25-23(29-13)22(19-6-3-17(26)10-20(19)27)31-24(32-25)15-7-8-34-21(9-15)16-11-28-33(12-16)18-4-5-18/h3,6,10-12,15,18,21H,4-5,7-9H2,1-2H3/t15-,21-/m1/s1. The van der Waals surface area contributed by atoms with Gasteiger partial charge in [-0.25, -0.2) is 28.7 Å². The highest BCUT2D eigenvalue weighted by Crippen LogP contribution is 2.40. The fourth-order valence-electron chi connectivity index (χ4n) is 4.50. The Morgan fingerprint density at radius 2 is 1.82 bits per heavy atom. The largest absolute Gasteiger partial charge is 0.373 e. The van der Waals surface area contributed by atoms with Gasteiger partial charge in [0.2, 0.25) is 0 Å². The third-order valence-electron chi connectivity index (χ3n) is 6.71. The Morgan fingerprint density at radius 3 is 2.62 bits per heavy atom. The van der Waals surface area contributed by atoms with Crippen molar-refractivity contribution in [2.75, 3.05) is 6.61 Å². The Morgan fingerprint density at radius 1 is 1.00 bits per heavy atom. The van der Waals surface area contributed by atoms with E-state index >= 15 is 0 Å². The van der Waals surface area contributed by atoms with E-state index in [9.17, 15) is 8.78 Å². The van der Waals surface area contributed by atoms with E-state index in [1.54, 1.807) is 0 Å². The van der Waals surface area contributed by atoms with Crippen LogP contribution in [0, 0.1) is 25.5 Å². The summed E-state index contributed by atoms with van der Waals surface area (Å²) in [6, 6.07) is 3.99. The van der Waals surface area contributed by atoms with Gasteiger partial charge in [-0.3, -0.25) is 4.68 Å². The van der Waals surface area contributed by atoms with Crippen LogP contribution >= 0.6 is 0 Å². The Labute approximate surface area is 195 Å². The molecule has 0 spiro atoms. The van der Waals surface area contributed by atoms with Crippen LogP contribution in [-0.4, -0.2) is 36.3 Å². The zero-order chi connectivity index (χ0) is 23.4. The lowest BCUT2D eigenvalue weighted by Gasteiger charge is -2.28. The first-order valence-electron chi connectivity index (χ1n) is 11.6. The van der Waals surface area contributed by atoms with Crippen LogP contribution in [0.4, 0.5) is 8.78 Å². The van der Waals surface area contributed by atoms with Crippen molar-refractivity contribution in [3.05, 3.63) is 65.0 Å². The number of aryl methyl sites for hydroxylation is 2. The summed E-state index contributed by atoms with van der Waals surface area (Å²) in [7, 11) is 0. The highest BCUT2D eigenvalue weighted by Gasteiger charge is 2.31. The number of hydrogen-bond acceptors (Lipinski definition) is 6. The molecular weight excluding hydrogens is 438 g/mol. The lowest BCUT2D eigenvalue weighted by molar-refractivity contribution is 0.00396. The number of aromatic nitrogens is 6. The van der Waals surface area contributed by atoms with E-state index < -0.39 is 11.6 Å². The second kappa shape index (κ2) is 8.16. The normalized spacial score (nSPS) is 20.7. The summed E-state index contributed by atoms with van der Waals surface area (Å²) >= 11 is 0. The molecule has 9 heteroatoms. The predicted molar refractivity (Wildman–Crippen MR) is 121 cm³/mol. The number of halogens is 2. The first kappa shape index (κ1) is 21.2. The molecule has 6 rings (SSSR count). The molecule has 7 nitrogen and oxygen atoms in total. The van der Waals surface area contributed by atoms with Crippen LogP contribution in [0.5, 0.6) is 0 Å². The molecule has 2 atom stereocenters. The summed E-state index contributed by atoms with van der Waals surface area (Å²) in [5, 5.41) is 4.50. The number of nitrogens with zero attached hydrogens (tertiary/aromatic N) is 6. The van der Waals surface area contributed by atoms with Gasteiger partial charge in [-0.15, -0.1) is 0 Å². The zero-order valence-corrected chi connectivity index (χ0v) is 19.0. The van der Waals surface area contributed by atoms with Crippen molar-refractivity contribution >= 4 is 11.2 Å². The topological polar surface area (TPSA) is 78.6 Å². The van der Waals surface area contributed by atoms with Crippen molar-refractivity contribution in [1.29, 1.82) is 0 Å².